The number of rotatable bonds is 8. The van der Waals surface area contributed by atoms with Crippen LogP contribution in [0.1, 0.15) is 26.3 Å². The Bertz CT molecular complexity index is 1230. The van der Waals surface area contributed by atoms with Crippen LogP contribution in [0.5, 0.6) is 0 Å². The lowest BCUT2D eigenvalue weighted by atomic mass is 10.1. The van der Waals surface area contributed by atoms with Gasteiger partial charge in [0, 0.05) is 12.2 Å². The third kappa shape index (κ3) is 6.57. The van der Waals surface area contributed by atoms with E-state index in [9.17, 15) is 18.0 Å². The molecule has 3 N–H and O–H groups in total. The van der Waals surface area contributed by atoms with Gasteiger partial charge in [0.15, 0.2) is 0 Å². The molecule has 0 saturated heterocycles. The molecule has 0 fully saturated rings. The fraction of sp³-hybridized carbons (Fsp3) is 0.130. The van der Waals surface area contributed by atoms with Crippen LogP contribution in [0.25, 0.3) is 0 Å². The molecule has 0 spiro atoms. The van der Waals surface area contributed by atoms with Gasteiger partial charge in [-0.05, 0) is 42.3 Å². The van der Waals surface area contributed by atoms with Crippen molar-refractivity contribution in [3.05, 3.63) is 94.5 Å². The molecule has 0 aromatic heterocycles. The first kappa shape index (κ1) is 23.3. The second-order valence-corrected chi connectivity index (χ2v) is 9.22. The number of hydrogen-bond donors (Lipinski definition) is 3. The topological polar surface area (TPSA) is 104 Å². The second kappa shape index (κ2) is 10.3. The summed E-state index contributed by atoms with van der Waals surface area (Å²) in [5, 5.41) is 5.63. The van der Waals surface area contributed by atoms with Gasteiger partial charge in [0.1, 0.15) is 0 Å². The molecule has 0 aliphatic heterocycles. The van der Waals surface area contributed by atoms with E-state index >= 15 is 0 Å². The molecule has 2 amide bonds. The molecular weight excluding hydrogens is 450 g/mol. The molecule has 9 heteroatoms. The van der Waals surface area contributed by atoms with Crippen LogP contribution in [0.3, 0.4) is 0 Å². The van der Waals surface area contributed by atoms with Crippen molar-refractivity contribution < 1.29 is 18.0 Å². The maximum atomic E-state index is 12.7. The standard InChI is InChI=1S/C23H22ClN3O4S/c1-32(30,31)27-17-11-12-18(20(24)15-17)23(29)26-21-10-6-5-9-19(21)22(28)25-14-13-16-7-3-2-4-8-16/h2-12,15,27H,13-14H2,1H3,(H,25,28)(H,26,29). The maximum Gasteiger partial charge on any atom is 0.257 e. The summed E-state index contributed by atoms with van der Waals surface area (Å²) in [6, 6.07) is 20.6. The average Bonchev–Trinajstić information content (AvgIpc) is 2.73. The van der Waals surface area contributed by atoms with Crippen LogP contribution in [0.4, 0.5) is 11.4 Å². The van der Waals surface area contributed by atoms with Crippen molar-refractivity contribution in [2.75, 3.05) is 22.8 Å². The van der Waals surface area contributed by atoms with Crippen LogP contribution in [0.15, 0.2) is 72.8 Å². The molecule has 0 atom stereocenters. The highest BCUT2D eigenvalue weighted by Gasteiger charge is 2.16. The van der Waals surface area contributed by atoms with Gasteiger partial charge in [-0.2, -0.15) is 0 Å². The van der Waals surface area contributed by atoms with Crippen LogP contribution >= 0.6 is 11.6 Å². The maximum absolute atomic E-state index is 12.7. The normalized spacial score (nSPS) is 10.9. The number of benzene rings is 3. The summed E-state index contributed by atoms with van der Waals surface area (Å²) in [5.41, 5.74) is 2.15. The molecule has 0 saturated carbocycles. The Balaban J connectivity index is 1.69. The third-order valence-electron chi connectivity index (χ3n) is 4.48. The summed E-state index contributed by atoms with van der Waals surface area (Å²) in [7, 11) is -3.47. The predicted octanol–water partition coefficient (Wildman–Crippen LogP) is 3.94. The molecule has 7 nitrogen and oxygen atoms in total. The Morgan fingerprint density at radius 3 is 2.25 bits per heavy atom. The molecule has 0 heterocycles. The predicted molar refractivity (Wildman–Crippen MR) is 127 cm³/mol. The second-order valence-electron chi connectivity index (χ2n) is 7.06. The largest absolute Gasteiger partial charge is 0.352 e. The highest BCUT2D eigenvalue weighted by atomic mass is 35.5. The summed E-state index contributed by atoms with van der Waals surface area (Å²) < 4.78 is 25.0. The number of nitrogens with one attached hydrogen (secondary N) is 3. The van der Waals surface area contributed by atoms with Crippen LogP contribution in [-0.2, 0) is 16.4 Å². The Labute approximate surface area is 191 Å². The van der Waals surface area contributed by atoms with Crippen LogP contribution in [-0.4, -0.2) is 33.0 Å². The minimum atomic E-state index is -3.47. The van der Waals surface area contributed by atoms with E-state index in [1.807, 2.05) is 30.3 Å². The summed E-state index contributed by atoms with van der Waals surface area (Å²) in [4.78, 5) is 25.4. The number of halogens is 1. The van der Waals surface area contributed by atoms with Crippen LogP contribution in [0.2, 0.25) is 5.02 Å². The van der Waals surface area contributed by atoms with Crippen LogP contribution < -0.4 is 15.4 Å². The first-order valence-corrected chi connectivity index (χ1v) is 12.0. The monoisotopic (exact) mass is 471 g/mol. The number of amides is 2. The number of anilines is 2. The minimum Gasteiger partial charge on any atom is -0.352 e. The van der Waals surface area contributed by atoms with E-state index in [1.54, 1.807) is 24.3 Å². The number of hydrogen-bond acceptors (Lipinski definition) is 4. The van der Waals surface area contributed by atoms with Crippen molar-refractivity contribution in [3.63, 3.8) is 0 Å². The van der Waals surface area contributed by atoms with Gasteiger partial charge < -0.3 is 10.6 Å². The SMILES string of the molecule is CS(=O)(=O)Nc1ccc(C(=O)Nc2ccccc2C(=O)NCCc2ccccc2)c(Cl)c1. The molecule has 32 heavy (non-hydrogen) atoms. The lowest BCUT2D eigenvalue weighted by Crippen LogP contribution is -2.27. The number of para-hydroxylation sites is 1. The van der Waals surface area contributed by atoms with Gasteiger partial charge in [0.05, 0.1) is 28.1 Å². The number of sulfonamides is 1. The first-order valence-electron chi connectivity index (χ1n) is 9.73. The molecule has 0 aliphatic carbocycles. The molecule has 3 aromatic carbocycles. The van der Waals surface area contributed by atoms with Gasteiger partial charge >= 0.3 is 0 Å². The molecule has 166 valence electrons. The van der Waals surface area contributed by atoms with Crippen molar-refractivity contribution in [1.82, 2.24) is 5.32 Å². The van der Waals surface area contributed by atoms with E-state index in [1.165, 1.54) is 18.2 Å². The summed E-state index contributed by atoms with van der Waals surface area (Å²) >= 11 is 6.17. The van der Waals surface area contributed by atoms with Crippen molar-refractivity contribution in [2.45, 2.75) is 6.42 Å². The molecular formula is C23H22ClN3O4S. The van der Waals surface area contributed by atoms with Gasteiger partial charge in [-0.3, -0.25) is 14.3 Å². The quantitative estimate of drug-likeness (QED) is 0.463. The lowest BCUT2D eigenvalue weighted by Gasteiger charge is -2.13. The highest BCUT2D eigenvalue weighted by molar-refractivity contribution is 7.92. The van der Waals surface area contributed by atoms with Crippen molar-refractivity contribution in [3.8, 4) is 0 Å². The van der Waals surface area contributed by atoms with Crippen LogP contribution in [0, 0.1) is 0 Å². The van der Waals surface area contributed by atoms with Gasteiger partial charge in [0.2, 0.25) is 10.0 Å². The molecule has 0 unspecified atom stereocenters. The van der Waals surface area contributed by atoms with E-state index in [4.69, 9.17) is 11.6 Å². The van der Waals surface area contributed by atoms with Crippen molar-refractivity contribution >= 4 is 44.8 Å². The fourth-order valence-electron chi connectivity index (χ4n) is 3.02. The van der Waals surface area contributed by atoms with E-state index < -0.39 is 15.9 Å². The van der Waals surface area contributed by atoms with E-state index in [0.29, 0.717) is 24.2 Å². The Hall–Kier alpha value is -3.36. The van der Waals surface area contributed by atoms with E-state index in [2.05, 4.69) is 15.4 Å². The summed E-state index contributed by atoms with van der Waals surface area (Å²) in [6.45, 7) is 0.450. The van der Waals surface area contributed by atoms with Gasteiger partial charge in [-0.1, -0.05) is 54.1 Å². The van der Waals surface area contributed by atoms with E-state index in [-0.39, 0.29) is 22.2 Å². The first-order chi connectivity index (χ1) is 15.2. The molecule has 0 radical (unpaired) electrons. The smallest absolute Gasteiger partial charge is 0.257 e. The minimum absolute atomic E-state index is 0.0703. The molecule has 3 aromatic rings. The Kier molecular flexibility index (Phi) is 7.50. The highest BCUT2D eigenvalue weighted by Crippen LogP contribution is 2.24. The Morgan fingerprint density at radius 1 is 0.875 bits per heavy atom. The number of carbonyl (C=O) groups excluding carboxylic acids is 2. The van der Waals surface area contributed by atoms with Crippen molar-refractivity contribution in [2.24, 2.45) is 0 Å². The average molecular weight is 472 g/mol. The van der Waals surface area contributed by atoms with Gasteiger partial charge in [0.25, 0.3) is 11.8 Å². The zero-order valence-electron chi connectivity index (χ0n) is 17.3. The van der Waals surface area contributed by atoms with E-state index in [0.717, 1.165) is 11.8 Å². The zero-order chi connectivity index (χ0) is 23.1. The van der Waals surface area contributed by atoms with Gasteiger partial charge in [-0.15, -0.1) is 0 Å². The fourth-order valence-corrected chi connectivity index (χ4v) is 3.84. The van der Waals surface area contributed by atoms with Crippen molar-refractivity contribution in [1.29, 1.82) is 0 Å². The molecule has 0 aliphatic rings. The molecule has 3 rings (SSSR count). The van der Waals surface area contributed by atoms with Gasteiger partial charge in [-0.25, -0.2) is 8.42 Å². The lowest BCUT2D eigenvalue weighted by molar-refractivity contribution is 0.0955. The summed E-state index contributed by atoms with van der Waals surface area (Å²) in [5.74, 6) is -0.832. The zero-order valence-corrected chi connectivity index (χ0v) is 18.8. The molecule has 0 bridgehead atoms. The summed E-state index contributed by atoms with van der Waals surface area (Å²) in [6.07, 6.45) is 1.70. The number of carbonyl (C=O) groups is 2. The third-order valence-corrected chi connectivity index (χ3v) is 5.40. The Morgan fingerprint density at radius 2 is 1.56 bits per heavy atom.